The third-order valence-corrected chi connectivity index (χ3v) is 8.36. The molecule has 0 aliphatic heterocycles. The zero-order valence-electron chi connectivity index (χ0n) is 26.7. The Labute approximate surface area is 281 Å². The van der Waals surface area contributed by atoms with Crippen LogP contribution in [-0.2, 0) is 36.9 Å². The van der Waals surface area contributed by atoms with Crippen molar-refractivity contribution in [2.45, 2.75) is 53.7 Å². The van der Waals surface area contributed by atoms with Gasteiger partial charge in [0.05, 0.1) is 30.7 Å². The van der Waals surface area contributed by atoms with Gasteiger partial charge in [-0.25, -0.2) is 22.4 Å². The number of carbonyl (C=O) groups excluding carboxylic acids is 3. The molecule has 1 unspecified atom stereocenters. The number of ether oxygens (including phenoxy) is 2. The van der Waals surface area contributed by atoms with Crippen molar-refractivity contribution in [3.8, 4) is 0 Å². The number of amides is 1. The van der Waals surface area contributed by atoms with Gasteiger partial charge in [0.2, 0.25) is 5.91 Å². The quantitative estimate of drug-likeness (QED) is 0.128. The number of esters is 2. The van der Waals surface area contributed by atoms with Crippen molar-refractivity contribution in [2.24, 2.45) is 17.3 Å². The highest BCUT2D eigenvalue weighted by Crippen LogP contribution is 2.60. The maximum Gasteiger partial charge on any atom is 0.328 e. The number of benzene rings is 3. The van der Waals surface area contributed by atoms with Gasteiger partial charge in [0, 0.05) is 6.07 Å². The van der Waals surface area contributed by atoms with E-state index in [1.807, 2.05) is 62.4 Å². The summed E-state index contributed by atoms with van der Waals surface area (Å²) in [5.41, 5.74) is 2.12. The molecular weight excluding hydrogens is 661 g/mol. The standard InChI is InChI=1S/C20H23NO3.C15H12Cl2F4O2/c1-14-9-8-10-15(2)19(14)21(16(3)20(23)24-4)18(22)13-17-11-6-5-7-12-17;1-15(2)7(3-10(16)17)11(15)14(22)23-5-6-12(20)8(18)4-9(19)13(6)21/h5-12,16H,13H2,1-4H3;3-4,7,11H,5H2,1-2H3/t;7-,11+/m.1/s1. The molecule has 4 rings (SSSR count). The van der Waals surface area contributed by atoms with E-state index in [0.29, 0.717) is 0 Å². The van der Waals surface area contributed by atoms with Gasteiger partial charge in [-0.05, 0) is 54.9 Å². The number of carbonyl (C=O) groups is 3. The summed E-state index contributed by atoms with van der Waals surface area (Å²) in [5.74, 6) is -8.52. The summed E-state index contributed by atoms with van der Waals surface area (Å²) in [4.78, 5) is 38.7. The molecule has 3 atom stereocenters. The normalized spacial score (nSPS) is 16.6. The van der Waals surface area contributed by atoms with Crippen molar-refractivity contribution in [3.63, 3.8) is 0 Å². The van der Waals surface area contributed by atoms with Crippen LogP contribution < -0.4 is 4.90 Å². The van der Waals surface area contributed by atoms with Crippen LogP contribution >= 0.6 is 23.2 Å². The van der Waals surface area contributed by atoms with Crippen molar-refractivity contribution in [1.29, 1.82) is 0 Å². The van der Waals surface area contributed by atoms with E-state index >= 15 is 0 Å². The van der Waals surface area contributed by atoms with Crippen LogP contribution in [0.3, 0.4) is 0 Å². The average Bonchev–Trinajstić information content (AvgIpc) is 3.55. The summed E-state index contributed by atoms with van der Waals surface area (Å²) in [6.07, 6.45) is 1.70. The van der Waals surface area contributed by atoms with Gasteiger partial charge in [-0.3, -0.25) is 14.5 Å². The topological polar surface area (TPSA) is 72.9 Å². The van der Waals surface area contributed by atoms with Crippen molar-refractivity contribution in [3.05, 3.63) is 111 Å². The number of para-hydroxylation sites is 1. The SMILES string of the molecule is CC1(C)[C@H](C=C(Cl)Cl)[C@H]1C(=O)OCc1c(F)c(F)cc(F)c1F.COC(=O)C(C)N(C(=O)Cc1ccccc1)c1c(C)cccc1C. The van der Waals surface area contributed by atoms with Crippen LogP contribution in [-0.4, -0.2) is 31.0 Å². The highest BCUT2D eigenvalue weighted by molar-refractivity contribution is 6.55. The Hall–Kier alpha value is -3.89. The van der Waals surface area contributed by atoms with E-state index in [1.54, 1.807) is 25.7 Å². The molecule has 0 N–H and O–H groups in total. The maximum absolute atomic E-state index is 13.5. The van der Waals surface area contributed by atoms with E-state index in [4.69, 9.17) is 32.7 Å². The summed E-state index contributed by atoms with van der Waals surface area (Å²) < 4.78 is 62.8. The summed E-state index contributed by atoms with van der Waals surface area (Å²) in [6, 6.07) is 14.7. The summed E-state index contributed by atoms with van der Waals surface area (Å²) in [7, 11) is 1.34. The van der Waals surface area contributed by atoms with Crippen molar-refractivity contribution < 1.29 is 41.4 Å². The summed E-state index contributed by atoms with van der Waals surface area (Å²) in [5, 5.41) is 0. The second kappa shape index (κ2) is 15.8. The minimum Gasteiger partial charge on any atom is -0.467 e. The second-order valence-electron chi connectivity index (χ2n) is 11.7. The van der Waals surface area contributed by atoms with Crippen LogP contribution in [0.25, 0.3) is 0 Å². The molecule has 0 aromatic heterocycles. The molecule has 3 aromatic carbocycles. The van der Waals surface area contributed by atoms with Gasteiger partial charge in [0.25, 0.3) is 0 Å². The lowest BCUT2D eigenvalue weighted by Crippen LogP contribution is -2.45. The van der Waals surface area contributed by atoms with E-state index in [0.717, 1.165) is 22.4 Å². The average molecular weight is 697 g/mol. The van der Waals surface area contributed by atoms with Crippen LogP contribution in [0, 0.1) is 54.4 Å². The van der Waals surface area contributed by atoms with Gasteiger partial charge in [0.15, 0.2) is 23.3 Å². The first kappa shape index (κ1) is 37.6. The van der Waals surface area contributed by atoms with Crippen LogP contribution in [0.2, 0.25) is 0 Å². The van der Waals surface area contributed by atoms with E-state index in [-0.39, 0.29) is 28.8 Å². The molecule has 1 saturated carbocycles. The monoisotopic (exact) mass is 695 g/mol. The fourth-order valence-corrected chi connectivity index (χ4v) is 5.68. The third kappa shape index (κ3) is 8.93. The lowest BCUT2D eigenvalue weighted by atomic mass is 10.0. The molecular formula is C35H35Cl2F4NO5. The number of rotatable bonds is 9. The Morgan fingerprint density at radius 3 is 2.00 bits per heavy atom. The fourth-order valence-electron chi connectivity index (χ4n) is 5.41. The molecule has 0 radical (unpaired) electrons. The molecule has 0 saturated heterocycles. The van der Waals surface area contributed by atoms with Gasteiger partial charge in [-0.15, -0.1) is 0 Å². The number of anilines is 1. The number of nitrogens with zero attached hydrogens (tertiary/aromatic N) is 1. The summed E-state index contributed by atoms with van der Waals surface area (Å²) >= 11 is 11.1. The van der Waals surface area contributed by atoms with Gasteiger partial charge >= 0.3 is 11.9 Å². The minimum absolute atomic E-state index is 0.0114. The van der Waals surface area contributed by atoms with Gasteiger partial charge in [-0.1, -0.05) is 85.6 Å². The fraction of sp³-hybridized carbons (Fsp3) is 0.343. The van der Waals surface area contributed by atoms with Crippen molar-refractivity contribution >= 4 is 46.7 Å². The van der Waals surface area contributed by atoms with E-state index < -0.39 is 64.8 Å². The van der Waals surface area contributed by atoms with Crippen LogP contribution in [0.15, 0.2) is 65.2 Å². The Bertz CT molecular complexity index is 1610. The van der Waals surface area contributed by atoms with Crippen molar-refractivity contribution in [2.75, 3.05) is 12.0 Å². The molecule has 1 amide bonds. The van der Waals surface area contributed by atoms with E-state index in [9.17, 15) is 31.9 Å². The first-order valence-electron chi connectivity index (χ1n) is 14.5. The smallest absolute Gasteiger partial charge is 0.328 e. The molecule has 47 heavy (non-hydrogen) atoms. The predicted octanol–water partition coefficient (Wildman–Crippen LogP) is 8.32. The third-order valence-electron chi connectivity index (χ3n) is 8.11. The number of methoxy groups -OCH3 is 1. The molecule has 3 aromatic rings. The Morgan fingerprint density at radius 2 is 1.49 bits per heavy atom. The molecule has 0 spiro atoms. The van der Waals surface area contributed by atoms with Gasteiger partial charge < -0.3 is 9.47 Å². The number of hydrogen-bond acceptors (Lipinski definition) is 5. The first-order chi connectivity index (χ1) is 22.0. The largest absolute Gasteiger partial charge is 0.467 e. The van der Waals surface area contributed by atoms with Gasteiger partial charge in [-0.2, -0.15) is 0 Å². The van der Waals surface area contributed by atoms with E-state index in [1.165, 1.54) is 13.2 Å². The summed E-state index contributed by atoms with van der Waals surface area (Å²) in [6.45, 7) is 8.19. The molecule has 6 nitrogen and oxygen atoms in total. The Balaban J connectivity index is 0.000000256. The zero-order valence-corrected chi connectivity index (χ0v) is 28.2. The molecule has 1 fully saturated rings. The maximum atomic E-state index is 13.5. The highest BCUT2D eigenvalue weighted by Gasteiger charge is 2.61. The number of allylic oxidation sites excluding steroid dienone is 1. The number of hydrogen-bond donors (Lipinski definition) is 0. The second-order valence-corrected chi connectivity index (χ2v) is 12.7. The zero-order chi connectivity index (χ0) is 35.2. The molecule has 12 heteroatoms. The van der Waals surface area contributed by atoms with Crippen LogP contribution in [0.1, 0.15) is 43.0 Å². The van der Waals surface area contributed by atoms with Crippen molar-refractivity contribution in [1.82, 2.24) is 0 Å². The van der Waals surface area contributed by atoms with Gasteiger partial charge in [0.1, 0.15) is 17.1 Å². The highest BCUT2D eigenvalue weighted by atomic mass is 35.5. The molecule has 252 valence electrons. The Kier molecular flexibility index (Phi) is 12.6. The number of halogens is 6. The lowest BCUT2D eigenvalue weighted by Gasteiger charge is -2.30. The lowest BCUT2D eigenvalue weighted by molar-refractivity contribution is -0.147. The minimum atomic E-state index is -1.59. The number of aryl methyl sites for hydroxylation is 2. The first-order valence-corrected chi connectivity index (χ1v) is 15.3. The predicted molar refractivity (Wildman–Crippen MR) is 172 cm³/mol. The molecule has 1 aliphatic carbocycles. The molecule has 0 bridgehead atoms. The molecule has 0 heterocycles. The van der Waals surface area contributed by atoms with Crippen LogP contribution in [0.5, 0.6) is 0 Å². The Morgan fingerprint density at radius 1 is 0.936 bits per heavy atom. The van der Waals surface area contributed by atoms with Crippen LogP contribution in [0.4, 0.5) is 23.2 Å². The molecule has 1 aliphatic rings. The van der Waals surface area contributed by atoms with E-state index in [2.05, 4.69) is 0 Å².